The molecule has 1 aromatic heterocycles. The molecule has 0 spiro atoms. The Morgan fingerprint density at radius 3 is 1.90 bits per heavy atom. The van der Waals surface area contributed by atoms with Crippen molar-refractivity contribution in [3.8, 4) is 0 Å². The van der Waals surface area contributed by atoms with E-state index in [1.807, 2.05) is 10.9 Å². The summed E-state index contributed by atoms with van der Waals surface area (Å²) < 4.78 is 15.0. The van der Waals surface area contributed by atoms with Gasteiger partial charge in [0.25, 0.3) is 0 Å². The maximum atomic E-state index is 6.69. The molecule has 0 N–H and O–H groups in total. The largest absolute Gasteiger partial charge is 0.350 e. The third-order valence-electron chi connectivity index (χ3n) is 6.59. The van der Waals surface area contributed by atoms with Gasteiger partial charge in [-0.1, -0.05) is 74.5 Å². The Balaban J connectivity index is 2.16. The molecule has 1 fully saturated rings. The summed E-state index contributed by atoms with van der Waals surface area (Å²) in [5, 5.41) is 8.49. The summed E-state index contributed by atoms with van der Waals surface area (Å²) in [4.78, 5) is 0. The fourth-order valence-corrected chi connectivity index (χ4v) is 5.17. The molecule has 1 aromatic rings. The summed E-state index contributed by atoms with van der Waals surface area (Å²) >= 11 is 0. The van der Waals surface area contributed by atoms with Crippen LogP contribution in [0.3, 0.4) is 0 Å². The van der Waals surface area contributed by atoms with Crippen molar-refractivity contribution in [1.29, 1.82) is 0 Å². The van der Waals surface area contributed by atoms with Crippen molar-refractivity contribution < 1.29 is 9.47 Å². The summed E-state index contributed by atoms with van der Waals surface area (Å²) in [5.74, 6) is 4.15. The molecule has 0 saturated carbocycles. The van der Waals surface area contributed by atoms with Gasteiger partial charge in [0.1, 0.15) is 0 Å². The highest BCUT2D eigenvalue weighted by molar-refractivity contribution is 4.98. The minimum Gasteiger partial charge on any atom is -0.350 e. The molecule has 168 valence electrons. The van der Waals surface area contributed by atoms with Gasteiger partial charge in [-0.3, -0.25) is 0 Å². The Labute approximate surface area is 178 Å². The SMILES string of the molecule is CC(C)c1cn(CCOC2OC(C(C)C)C(C(C)C)C(C(C)C)C2C(C)C)nn1. The molecule has 0 bridgehead atoms. The lowest BCUT2D eigenvalue weighted by atomic mass is 9.62. The van der Waals surface area contributed by atoms with E-state index >= 15 is 0 Å². The second-order valence-electron chi connectivity index (χ2n) is 10.6. The van der Waals surface area contributed by atoms with Gasteiger partial charge in [-0.2, -0.15) is 0 Å². The van der Waals surface area contributed by atoms with Crippen molar-refractivity contribution in [2.24, 2.45) is 41.4 Å². The third-order valence-corrected chi connectivity index (χ3v) is 6.59. The van der Waals surface area contributed by atoms with E-state index in [0.717, 1.165) is 5.69 Å². The van der Waals surface area contributed by atoms with Crippen LogP contribution in [-0.2, 0) is 16.0 Å². The predicted molar refractivity (Wildman–Crippen MR) is 119 cm³/mol. The molecular formula is C24H45N3O2. The number of ether oxygens (including phenoxy) is 2. The minimum absolute atomic E-state index is 0.155. The fourth-order valence-electron chi connectivity index (χ4n) is 5.17. The second kappa shape index (κ2) is 10.4. The van der Waals surface area contributed by atoms with Crippen LogP contribution >= 0.6 is 0 Å². The van der Waals surface area contributed by atoms with E-state index in [1.54, 1.807) is 0 Å². The van der Waals surface area contributed by atoms with E-state index < -0.39 is 0 Å². The van der Waals surface area contributed by atoms with E-state index in [-0.39, 0.29) is 12.4 Å². The molecule has 0 aromatic carbocycles. The van der Waals surface area contributed by atoms with E-state index in [1.165, 1.54) is 0 Å². The summed E-state index contributed by atoms with van der Waals surface area (Å²) in [6.45, 7) is 24.2. The second-order valence-corrected chi connectivity index (χ2v) is 10.6. The van der Waals surface area contributed by atoms with Gasteiger partial charge in [0.2, 0.25) is 0 Å². The summed E-state index contributed by atoms with van der Waals surface area (Å²) in [6, 6.07) is 0. The molecule has 1 aliphatic heterocycles. The first-order chi connectivity index (χ1) is 13.5. The molecule has 29 heavy (non-hydrogen) atoms. The average Bonchev–Trinajstić information content (AvgIpc) is 3.09. The van der Waals surface area contributed by atoms with Crippen molar-refractivity contribution >= 4 is 0 Å². The Bertz CT molecular complexity index is 609. The van der Waals surface area contributed by atoms with Crippen molar-refractivity contribution in [3.05, 3.63) is 11.9 Å². The lowest BCUT2D eigenvalue weighted by Gasteiger charge is -2.53. The first kappa shape index (κ1) is 24.3. The fraction of sp³-hybridized carbons (Fsp3) is 0.917. The quantitative estimate of drug-likeness (QED) is 0.533. The molecule has 0 radical (unpaired) electrons. The van der Waals surface area contributed by atoms with Crippen LogP contribution in [0.4, 0.5) is 0 Å². The number of nitrogens with zero attached hydrogens (tertiary/aromatic N) is 3. The molecule has 5 heteroatoms. The number of rotatable bonds is 9. The van der Waals surface area contributed by atoms with Crippen LogP contribution in [0.25, 0.3) is 0 Å². The van der Waals surface area contributed by atoms with Crippen LogP contribution in [0.15, 0.2) is 6.20 Å². The molecule has 0 amide bonds. The number of hydrogen-bond acceptors (Lipinski definition) is 4. The van der Waals surface area contributed by atoms with E-state index in [9.17, 15) is 0 Å². The Kier molecular flexibility index (Phi) is 8.72. The van der Waals surface area contributed by atoms with Crippen molar-refractivity contribution in [1.82, 2.24) is 15.0 Å². The molecule has 5 nitrogen and oxygen atoms in total. The summed E-state index contributed by atoms with van der Waals surface area (Å²) in [6.07, 6.45) is 2.11. The van der Waals surface area contributed by atoms with Gasteiger partial charge < -0.3 is 9.47 Å². The molecule has 2 rings (SSSR count). The van der Waals surface area contributed by atoms with Crippen LogP contribution in [-0.4, -0.2) is 34.0 Å². The average molecular weight is 408 g/mol. The zero-order chi connectivity index (χ0) is 21.9. The lowest BCUT2D eigenvalue weighted by molar-refractivity contribution is -0.283. The van der Waals surface area contributed by atoms with E-state index in [4.69, 9.17) is 9.47 Å². The third kappa shape index (κ3) is 5.81. The van der Waals surface area contributed by atoms with Gasteiger partial charge in [-0.15, -0.1) is 5.10 Å². The van der Waals surface area contributed by atoms with Crippen LogP contribution in [0, 0.1) is 41.4 Å². The first-order valence-electron chi connectivity index (χ1n) is 11.7. The van der Waals surface area contributed by atoms with Crippen molar-refractivity contribution in [2.45, 2.75) is 94.1 Å². The maximum absolute atomic E-state index is 6.69. The van der Waals surface area contributed by atoms with Gasteiger partial charge in [-0.25, -0.2) is 4.68 Å². The molecule has 1 saturated heterocycles. The molecule has 0 aliphatic carbocycles. The molecule has 5 atom stereocenters. The van der Waals surface area contributed by atoms with E-state index in [0.29, 0.717) is 60.5 Å². The molecular weight excluding hydrogens is 362 g/mol. The molecule has 5 unspecified atom stereocenters. The van der Waals surface area contributed by atoms with Crippen LogP contribution < -0.4 is 0 Å². The predicted octanol–water partition coefficient (Wildman–Crippen LogP) is 5.62. The first-order valence-corrected chi connectivity index (χ1v) is 11.7. The lowest BCUT2D eigenvalue weighted by Crippen LogP contribution is -2.55. The topological polar surface area (TPSA) is 49.2 Å². The zero-order valence-electron chi connectivity index (χ0n) is 20.4. The van der Waals surface area contributed by atoms with Crippen LogP contribution in [0.1, 0.15) is 80.8 Å². The van der Waals surface area contributed by atoms with Gasteiger partial charge in [-0.05, 0) is 41.4 Å². The maximum Gasteiger partial charge on any atom is 0.161 e. The minimum atomic E-state index is -0.155. The molecule has 2 heterocycles. The smallest absolute Gasteiger partial charge is 0.161 e. The van der Waals surface area contributed by atoms with Crippen molar-refractivity contribution in [2.75, 3.05) is 6.61 Å². The Morgan fingerprint density at radius 2 is 1.45 bits per heavy atom. The number of hydrogen-bond donors (Lipinski definition) is 0. The number of aromatic nitrogens is 3. The van der Waals surface area contributed by atoms with E-state index in [2.05, 4.69) is 79.5 Å². The van der Waals surface area contributed by atoms with Crippen LogP contribution in [0.5, 0.6) is 0 Å². The summed E-state index contributed by atoms with van der Waals surface area (Å²) in [7, 11) is 0. The standard InChI is InChI=1S/C24H45N3O2/c1-14(2)19-13-27(26-25-19)11-12-28-24-22(17(7)8)20(15(3)4)21(16(5)6)23(29-24)18(9)10/h13-18,20-24H,11-12H2,1-10H3. The zero-order valence-corrected chi connectivity index (χ0v) is 20.4. The van der Waals surface area contributed by atoms with Gasteiger partial charge in [0.15, 0.2) is 6.29 Å². The van der Waals surface area contributed by atoms with Gasteiger partial charge >= 0.3 is 0 Å². The highest BCUT2D eigenvalue weighted by Crippen LogP contribution is 2.48. The highest BCUT2D eigenvalue weighted by atomic mass is 16.7. The highest BCUT2D eigenvalue weighted by Gasteiger charge is 2.49. The molecule has 1 aliphatic rings. The van der Waals surface area contributed by atoms with Crippen molar-refractivity contribution in [3.63, 3.8) is 0 Å². The monoisotopic (exact) mass is 407 g/mol. The van der Waals surface area contributed by atoms with Crippen LogP contribution in [0.2, 0.25) is 0 Å². The Hall–Kier alpha value is -0.940. The van der Waals surface area contributed by atoms with Gasteiger partial charge in [0.05, 0.1) is 24.9 Å². The summed E-state index contributed by atoms with van der Waals surface area (Å²) in [5.41, 5.74) is 1.03. The Morgan fingerprint density at radius 1 is 0.862 bits per heavy atom. The normalized spacial score (nSPS) is 28.4. The van der Waals surface area contributed by atoms with Gasteiger partial charge in [0, 0.05) is 12.1 Å².